The summed E-state index contributed by atoms with van der Waals surface area (Å²) in [7, 11) is 0. The van der Waals surface area contributed by atoms with E-state index >= 15 is 0 Å². The summed E-state index contributed by atoms with van der Waals surface area (Å²) < 4.78 is 0. The minimum atomic E-state index is -0.769. The molecule has 0 unspecified atom stereocenters. The third-order valence-corrected chi connectivity index (χ3v) is 4.22. The van der Waals surface area contributed by atoms with Crippen LogP contribution in [-0.4, -0.2) is 27.6 Å². The highest BCUT2D eigenvalue weighted by atomic mass is 16.4. The molecule has 0 saturated carbocycles. The number of pyridine rings is 1. The molecule has 2 aromatic rings. The molecule has 0 bridgehead atoms. The largest absolute Gasteiger partial charge is 0.481 e. The van der Waals surface area contributed by atoms with Crippen LogP contribution in [0.5, 0.6) is 0 Å². The maximum Gasteiger partial charge on any atom is 0.303 e. The molecule has 0 amide bonds. The van der Waals surface area contributed by atoms with Gasteiger partial charge in [0.2, 0.25) is 5.96 Å². The number of carbonyl (C=O) groups is 1. The molecule has 162 valence electrons. The molecule has 0 aliphatic heterocycles. The summed E-state index contributed by atoms with van der Waals surface area (Å²) >= 11 is 0. The Kier molecular flexibility index (Phi) is 8.77. The number of guanidine groups is 1. The van der Waals surface area contributed by atoms with Crippen LogP contribution in [0.3, 0.4) is 0 Å². The quantitative estimate of drug-likeness (QED) is 0.186. The van der Waals surface area contributed by atoms with Crippen LogP contribution in [0.1, 0.15) is 57.6 Å². The summed E-state index contributed by atoms with van der Waals surface area (Å²) in [5.41, 5.74) is 3.44. The first kappa shape index (κ1) is 23.6. The Labute approximate surface area is 183 Å². The van der Waals surface area contributed by atoms with Gasteiger partial charge in [-0.2, -0.15) is 5.26 Å². The molecule has 0 radical (unpaired) electrons. The molecule has 31 heavy (non-hydrogen) atoms. The number of nitrogens with one attached hydrogen (secondary N) is 2. The van der Waals surface area contributed by atoms with Crippen molar-refractivity contribution in [2.24, 2.45) is 4.99 Å². The zero-order valence-corrected chi connectivity index (χ0v) is 18.2. The number of carboxylic acids is 1. The number of aliphatic imine (C=N–C) groups is 1. The Morgan fingerprint density at radius 1 is 1.23 bits per heavy atom. The van der Waals surface area contributed by atoms with Crippen molar-refractivity contribution in [3.63, 3.8) is 0 Å². The van der Waals surface area contributed by atoms with Crippen LogP contribution in [0.4, 0.5) is 5.69 Å². The number of nitriles is 1. The number of hydrogen-bond acceptors (Lipinski definition) is 4. The summed E-state index contributed by atoms with van der Waals surface area (Å²) in [5, 5.41) is 23.6. The first-order chi connectivity index (χ1) is 14.8. The highest BCUT2D eigenvalue weighted by Crippen LogP contribution is 2.26. The van der Waals surface area contributed by atoms with E-state index in [4.69, 9.17) is 10.4 Å². The summed E-state index contributed by atoms with van der Waals surface area (Å²) in [4.78, 5) is 19.5. The number of benzene rings is 1. The molecular weight excluding hydrogens is 390 g/mol. The smallest absolute Gasteiger partial charge is 0.303 e. The van der Waals surface area contributed by atoms with Gasteiger partial charge in [0, 0.05) is 30.1 Å². The summed E-state index contributed by atoms with van der Waals surface area (Å²) in [6.07, 6.45) is 9.96. The van der Waals surface area contributed by atoms with Gasteiger partial charge in [-0.15, -0.1) is 0 Å². The molecule has 7 heteroatoms. The van der Waals surface area contributed by atoms with Gasteiger partial charge in [0.25, 0.3) is 0 Å². The van der Waals surface area contributed by atoms with Gasteiger partial charge in [0.1, 0.15) is 0 Å². The third-order valence-electron chi connectivity index (χ3n) is 4.22. The molecule has 0 aliphatic carbocycles. The van der Waals surface area contributed by atoms with E-state index < -0.39 is 5.97 Å². The predicted molar refractivity (Wildman–Crippen MR) is 123 cm³/mol. The van der Waals surface area contributed by atoms with Gasteiger partial charge in [-0.1, -0.05) is 24.3 Å². The molecular formula is C24H29N5O2. The maximum absolute atomic E-state index is 10.7. The zero-order chi connectivity index (χ0) is 22.7. The van der Waals surface area contributed by atoms with Crippen molar-refractivity contribution in [1.29, 1.82) is 5.26 Å². The number of carboxylic acid groups (broad SMARTS) is 1. The molecule has 1 aromatic carbocycles. The van der Waals surface area contributed by atoms with Crippen LogP contribution in [0.2, 0.25) is 0 Å². The van der Waals surface area contributed by atoms with Crippen molar-refractivity contribution in [2.45, 2.75) is 52.0 Å². The van der Waals surface area contributed by atoms with Crippen molar-refractivity contribution in [2.75, 3.05) is 5.32 Å². The Bertz CT molecular complexity index is 969. The maximum atomic E-state index is 10.7. The van der Waals surface area contributed by atoms with Gasteiger partial charge in [-0.25, -0.2) is 4.99 Å². The van der Waals surface area contributed by atoms with Crippen molar-refractivity contribution < 1.29 is 9.90 Å². The van der Waals surface area contributed by atoms with Crippen LogP contribution in [0.15, 0.2) is 59.9 Å². The summed E-state index contributed by atoms with van der Waals surface area (Å²) in [6.45, 7) is 5.87. The van der Waals surface area contributed by atoms with Crippen molar-refractivity contribution >= 4 is 23.2 Å². The zero-order valence-electron chi connectivity index (χ0n) is 18.2. The first-order valence-corrected chi connectivity index (χ1v) is 10.2. The molecule has 2 rings (SSSR count). The summed E-state index contributed by atoms with van der Waals surface area (Å²) in [5.74, 6) is -0.387. The number of aromatic nitrogens is 1. The number of nitrogens with zero attached hydrogens (tertiary/aromatic N) is 3. The lowest BCUT2D eigenvalue weighted by Crippen LogP contribution is -2.30. The van der Waals surface area contributed by atoms with Gasteiger partial charge in [0.05, 0.1) is 5.54 Å². The monoisotopic (exact) mass is 419 g/mol. The second-order valence-electron chi connectivity index (χ2n) is 8.07. The first-order valence-electron chi connectivity index (χ1n) is 10.2. The van der Waals surface area contributed by atoms with Gasteiger partial charge < -0.3 is 10.4 Å². The summed E-state index contributed by atoms with van der Waals surface area (Å²) in [6, 6.07) is 11.7. The van der Waals surface area contributed by atoms with E-state index in [1.807, 2.05) is 69.6 Å². The van der Waals surface area contributed by atoms with E-state index in [1.54, 1.807) is 6.20 Å². The van der Waals surface area contributed by atoms with Crippen molar-refractivity contribution in [1.82, 2.24) is 10.3 Å². The predicted octanol–water partition coefficient (Wildman–Crippen LogP) is 4.80. The molecule has 0 spiro atoms. The Balaban J connectivity index is 2.29. The van der Waals surface area contributed by atoms with Crippen LogP contribution in [0.25, 0.3) is 5.57 Å². The lowest BCUT2D eigenvalue weighted by molar-refractivity contribution is -0.137. The average Bonchev–Trinajstić information content (AvgIpc) is 2.70. The van der Waals surface area contributed by atoms with Gasteiger partial charge in [0.15, 0.2) is 6.19 Å². The van der Waals surface area contributed by atoms with E-state index in [0.717, 1.165) is 35.2 Å². The van der Waals surface area contributed by atoms with Gasteiger partial charge in [-0.3, -0.25) is 15.1 Å². The lowest BCUT2D eigenvalue weighted by atomic mass is 9.97. The van der Waals surface area contributed by atoms with Gasteiger partial charge in [-0.05, 0) is 69.4 Å². The van der Waals surface area contributed by atoms with Gasteiger partial charge >= 0.3 is 5.97 Å². The standard InChI is InChI=1S/C24H29N5O2/c1-24(2,3)29-23(27-17-25)28-20-11-7-9-18(15-20)21(19-10-8-14-26-16-19)12-5-4-6-13-22(30)31/h7-12,14-16H,4-6,13H2,1-3H3,(H,30,31)(H2,27,28,29)/b21-12+. The number of anilines is 1. The molecule has 7 nitrogen and oxygen atoms in total. The fourth-order valence-corrected chi connectivity index (χ4v) is 2.97. The molecule has 0 atom stereocenters. The fraction of sp³-hybridized carbons (Fsp3) is 0.333. The number of rotatable bonds is 8. The van der Waals surface area contributed by atoms with E-state index in [-0.39, 0.29) is 12.0 Å². The second kappa shape index (κ2) is 11.5. The Morgan fingerprint density at radius 3 is 2.65 bits per heavy atom. The number of unbranched alkanes of at least 4 members (excludes halogenated alkanes) is 2. The lowest BCUT2D eigenvalue weighted by Gasteiger charge is -2.17. The molecule has 0 aliphatic rings. The Morgan fingerprint density at radius 2 is 2.00 bits per heavy atom. The van der Waals surface area contributed by atoms with Crippen LogP contribution >= 0.6 is 0 Å². The third kappa shape index (κ3) is 8.70. The molecule has 1 heterocycles. The minimum Gasteiger partial charge on any atom is -0.481 e. The van der Waals surface area contributed by atoms with Crippen molar-refractivity contribution in [3.05, 3.63) is 66.0 Å². The fourth-order valence-electron chi connectivity index (χ4n) is 2.97. The van der Waals surface area contributed by atoms with E-state index in [0.29, 0.717) is 12.4 Å². The van der Waals surface area contributed by atoms with E-state index in [2.05, 4.69) is 26.7 Å². The van der Waals surface area contributed by atoms with E-state index in [9.17, 15) is 4.79 Å². The van der Waals surface area contributed by atoms with Crippen LogP contribution in [0, 0.1) is 11.5 Å². The topological polar surface area (TPSA) is 110 Å². The normalized spacial score (nSPS) is 12.2. The van der Waals surface area contributed by atoms with E-state index in [1.165, 1.54) is 0 Å². The molecule has 0 saturated heterocycles. The molecule has 0 fully saturated rings. The number of aliphatic carboxylic acids is 1. The van der Waals surface area contributed by atoms with Crippen LogP contribution < -0.4 is 10.6 Å². The van der Waals surface area contributed by atoms with Crippen LogP contribution in [-0.2, 0) is 4.79 Å². The number of hydrogen-bond donors (Lipinski definition) is 3. The Hall–Kier alpha value is -3.66. The number of allylic oxidation sites excluding steroid dienone is 1. The molecule has 3 N–H and O–H groups in total. The minimum absolute atomic E-state index is 0.178. The average molecular weight is 420 g/mol. The highest BCUT2D eigenvalue weighted by molar-refractivity contribution is 5.95. The SMILES string of the molecule is CC(C)(C)N=C(NC#N)Nc1cccc(/C(=C\CCCCC(=O)O)c2cccnc2)c1. The second-order valence-corrected chi connectivity index (χ2v) is 8.07. The highest BCUT2D eigenvalue weighted by Gasteiger charge is 2.11. The van der Waals surface area contributed by atoms with Crippen molar-refractivity contribution in [3.8, 4) is 6.19 Å². The molecule has 1 aromatic heterocycles.